The molecule has 0 bridgehead atoms. The molecule has 168 valence electrons. The van der Waals surface area contributed by atoms with Crippen molar-refractivity contribution < 1.29 is 4.79 Å². The van der Waals surface area contributed by atoms with Gasteiger partial charge in [-0.05, 0) is 50.0 Å². The molecule has 1 fully saturated rings. The average Bonchev–Trinajstić information content (AvgIpc) is 3.25. The van der Waals surface area contributed by atoms with Crippen LogP contribution in [0.2, 0.25) is 0 Å². The van der Waals surface area contributed by atoms with Gasteiger partial charge in [0.05, 0.1) is 17.8 Å². The lowest BCUT2D eigenvalue weighted by Crippen LogP contribution is -2.40. The molecule has 1 saturated heterocycles. The summed E-state index contributed by atoms with van der Waals surface area (Å²) in [6.07, 6.45) is 7.77. The van der Waals surface area contributed by atoms with Crippen LogP contribution in [0.15, 0.2) is 35.4 Å². The van der Waals surface area contributed by atoms with E-state index in [9.17, 15) is 9.59 Å². The third-order valence-electron chi connectivity index (χ3n) is 6.78. The number of carbonyl (C=O) groups is 1. The van der Waals surface area contributed by atoms with E-state index in [1.807, 2.05) is 25.4 Å². The second-order valence-corrected chi connectivity index (χ2v) is 8.97. The summed E-state index contributed by atoms with van der Waals surface area (Å²) in [7, 11) is 0. The van der Waals surface area contributed by atoms with Crippen LogP contribution >= 0.6 is 0 Å². The number of piperidine rings is 1. The minimum absolute atomic E-state index is 0.0691. The normalized spacial score (nSPS) is 17.6. The Bertz CT molecular complexity index is 1160. The zero-order valence-corrected chi connectivity index (χ0v) is 18.6. The van der Waals surface area contributed by atoms with Gasteiger partial charge in [0.15, 0.2) is 5.65 Å². The second kappa shape index (κ2) is 8.86. The van der Waals surface area contributed by atoms with Gasteiger partial charge in [0, 0.05) is 56.0 Å². The minimum Gasteiger partial charge on any atom is -0.338 e. The summed E-state index contributed by atoms with van der Waals surface area (Å²) in [5.41, 5.74) is 4.49. The number of H-pyrrole nitrogens is 1. The van der Waals surface area contributed by atoms with Crippen molar-refractivity contribution in [3.05, 3.63) is 63.5 Å². The lowest BCUT2D eigenvalue weighted by Gasteiger charge is -2.31. The molecule has 0 aromatic carbocycles. The van der Waals surface area contributed by atoms with E-state index in [0.717, 1.165) is 50.3 Å². The predicted octanol–water partition coefficient (Wildman–Crippen LogP) is 2.48. The first kappa shape index (κ1) is 20.9. The highest BCUT2D eigenvalue weighted by molar-refractivity contribution is 5.76. The van der Waals surface area contributed by atoms with Gasteiger partial charge in [-0.1, -0.05) is 6.92 Å². The van der Waals surface area contributed by atoms with Gasteiger partial charge in [-0.25, -0.2) is 9.50 Å². The van der Waals surface area contributed by atoms with E-state index in [2.05, 4.69) is 27.1 Å². The molecule has 1 amide bonds. The highest BCUT2D eigenvalue weighted by Crippen LogP contribution is 2.28. The smallest absolute Gasteiger partial charge is 0.277 e. The molecule has 0 saturated carbocycles. The largest absolute Gasteiger partial charge is 0.338 e. The quantitative estimate of drug-likeness (QED) is 0.667. The Morgan fingerprint density at radius 2 is 1.97 bits per heavy atom. The Balaban J connectivity index is 1.31. The summed E-state index contributed by atoms with van der Waals surface area (Å²) in [5.74, 6) is 0.512. The number of rotatable bonds is 5. The first-order valence-electron chi connectivity index (χ1n) is 11.6. The zero-order valence-electron chi connectivity index (χ0n) is 18.6. The summed E-state index contributed by atoms with van der Waals surface area (Å²) in [6.45, 7) is 6.00. The summed E-state index contributed by atoms with van der Waals surface area (Å²) in [5, 5.41) is 3.33. The Kier molecular flexibility index (Phi) is 5.78. The zero-order chi connectivity index (χ0) is 22.1. The van der Waals surface area contributed by atoms with Crippen LogP contribution < -0.4 is 5.56 Å². The monoisotopic (exact) mass is 434 g/mol. The Morgan fingerprint density at radius 1 is 1.19 bits per heavy atom. The second-order valence-electron chi connectivity index (χ2n) is 8.97. The average molecular weight is 435 g/mol. The number of hydrogen-bond donors (Lipinski definition) is 1. The van der Waals surface area contributed by atoms with Crippen LogP contribution in [0.1, 0.15) is 61.0 Å². The van der Waals surface area contributed by atoms with Crippen molar-refractivity contribution in [2.24, 2.45) is 0 Å². The maximum absolute atomic E-state index is 13.2. The Hall–Kier alpha value is -3.00. The van der Waals surface area contributed by atoms with Gasteiger partial charge < -0.3 is 4.90 Å². The van der Waals surface area contributed by atoms with Gasteiger partial charge >= 0.3 is 0 Å². The third kappa shape index (κ3) is 4.07. The predicted molar refractivity (Wildman–Crippen MR) is 121 cm³/mol. The Morgan fingerprint density at radius 3 is 2.72 bits per heavy atom. The van der Waals surface area contributed by atoms with Gasteiger partial charge in [-0.2, -0.15) is 0 Å². The van der Waals surface area contributed by atoms with Crippen molar-refractivity contribution in [1.29, 1.82) is 0 Å². The van der Waals surface area contributed by atoms with E-state index in [1.165, 1.54) is 5.56 Å². The molecule has 0 radical (unpaired) electrons. The van der Waals surface area contributed by atoms with Crippen molar-refractivity contribution in [2.75, 3.05) is 19.6 Å². The van der Waals surface area contributed by atoms with Gasteiger partial charge in [0.2, 0.25) is 5.91 Å². The summed E-state index contributed by atoms with van der Waals surface area (Å²) in [6, 6.07) is 6.18. The fourth-order valence-corrected chi connectivity index (χ4v) is 4.94. The molecule has 0 aliphatic carbocycles. The van der Waals surface area contributed by atoms with Crippen LogP contribution in [0.3, 0.4) is 0 Å². The molecule has 0 unspecified atom stereocenters. The van der Waals surface area contributed by atoms with E-state index >= 15 is 0 Å². The molecule has 5 rings (SSSR count). The molecule has 2 aliphatic heterocycles. The molecule has 2 aliphatic rings. The first-order chi connectivity index (χ1) is 15.6. The maximum atomic E-state index is 13.2. The molecule has 5 heterocycles. The topological polar surface area (TPSA) is 86.6 Å². The number of nitrogens with one attached hydrogen (secondary N) is 1. The fraction of sp³-hybridized carbons (Fsp3) is 0.500. The molecule has 0 spiro atoms. The number of nitrogens with zero attached hydrogens (tertiary/aromatic N) is 5. The highest BCUT2D eigenvalue weighted by Gasteiger charge is 2.27. The Labute approximate surface area is 187 Å². The van der Waals surface area contributed by atoms with Crippen LogP contribution in [-0.2, 0) is 24.3 Å². The molecule has 0 atom stereocenters. The van der Waals surface area contributed by atoms with Crippen LogP contribution in [0.25, 0.3) is 5.65 Å². The van der Waals surface area contributed by atoms with Crippen molar-refractivity contribution in [2.45, 2.75) is 58.0 Å². The summed E-state index contributed by atoms with van der Waals surface area (Å²) < 4.78 is 1.57. The molecule has 3 aromatic heterocycles. The molecular formula is C24H30N6O2. The minimum atomic E-state index is -0.0691. The number of aromatic amines is 1. The maximum Gasteiger partial charge on any atom is 0.277 e. The van der Waals surface area contributed by atoms with E-state index in [-0.39, 0.29) is 11.5 Å². The number of likely N-dealkylation sites (tertiary alicyclic amines) is 1. The van der Waals surface area contributed by atoms with Crippen molar-refractivity contribution in [3.8, 4) is 0 Å². The number of pyridine rings is 1. The van der Waals surface area contributed by atoms with Gasteiger partial charge in [-0.15, -0.1) is 0 Å². The molecule has 1 N–H and O–H groups in total. The van der Waals surface area contributed by atoms with E-state index in [4.69, 9.17) is 4.98 Å². The van der Waals surface area contributed by atoms with Crippen molar-refractivity contribution >= 4 is 11.6 Å². The van der Waals surface area contributed by atoms with Crippen molar-refractivity contribution in [1.82, 2.24) is 29.4 Å². The SMILES string of the molecule is CCCC(=O)N1CCc2nc3cc(C4CCN(Cc5ccncc5)CC4)[nH]n3c(=O)c2C1. The van der Waals surface area contributed by atoms with Gasteiger partial charge in [0.1, 0.15) is 0 Å². The van der Waals surface area contributed by atoms with Gasteiger partial charge in [-0.3, -0.25) is 24.6 Å². The van der Waals surface area contributed by atoms with Crippen LogP contribution in [0.5, 0.6) is 0 Å². The number of amides is 1. The third-order valence-corrected chi connectivity index (χ3v) is 6.78. The summed E-state index contributed by atoms with van der Waals surface area (Å²) in [4.78, 5) is 38.6. The first-order valence-corrected chi connectivity index (χ1v) is 11.6. The number of carbonyl (C=O) groups excluding carboxylic acids is 1. The molecule has 3 aromatic rings. The molecule has 8 nitrogen and oxygen atoms in total. The lowest BCUT2D eigenvalue weighted by atomic mass is 9.93. The fourth-order valence-electron chi connectivity index (χ4n) is 4.94. The highest BCUT2D eigenvalue weighted by atomic mass is 16.2. The van der Waals surface area contributed by atoms with Crippen LogP contribution in [0.4, 0.5) is 0 Å². The summed E-state index contributed by atoms with van der Waals surface area (Å²) >= 11 is 0. The van der Waals surface area contributed by atoms with Crippen molar-refractivity contribution in [3.63, 3.8) is 0 Å². The molecular weight excluding hydrogens is 404 g/mol. The van der Waals surface area contributed by atoms with Crippen LogP contribution in [0, 0.1) is 0 Å². The molecule has 8 heteroatoms. The van der Waals surface area contributed by atoms with E-state index in [0.29, 0.717) is 43.1 Å². The lowest BCUT2D eigenvalue weighted by molar-refractivity contribution is -0.132. The van der Waals surface area contributed by atoms with E-state index in [1.54, 1.807) is 9.42 Å². The number of aromatic nitrogens is 4. The van der Waals surface area contributed by atoms with Gasteiger partial charge in [0.25, 0.3) is 5.56 Å². The van der Waals surface area contributed by atoms with Crippen LogP contribution in [-0.4, -0.2) is 54.9 Å². The van der Waals surface area contributed by atoms with E-state index < -0.39 is 0 Å². The number of hydrogen-bond acceptors (Lipinski definition) is 5. The standard InChI is InChI=1S/C24H30N6O2/c1-2-3-23(31)29-13-8-20-19(16-29)24(32)30-22(26-20)14-21(27-30)18-6-11-28(12-7-18)15-17-4-9-25-10-5-17/h4-5,9-10,14,18,27H,2-3,6-8,11-13,15-16H2,1H3. The number of fused-ring (bicyclic) bond motifs is 2. The molecule has 32 heavy (non-hydrogen) atoms.